The largest absolute Gasteiger partial charge is 0.394 e. The van der Waals surface area contributed by atoms with E-state index in [1.54, 1.807) is 0 Å². The third-order valence-electron chi connectivity index (χ3n) is 2.87. The molecular weight excluding hydrogens is 196 g/mol. The van der Waals surface area contributed by atoms with E-state index in [4.69, 9.17) is 15.6 Å². The minimum Gasteiger partial charge on any atom is -0.394 e. The number of nitrogens with zero attached hydrogens (tertiary/aromatic N) is 1. The highest BCUT2D eigenvalue weighted by Gasteiger charge is 2.32. The van der Waals surface area contributed by atoms with Crippen molar-refractivity contribution in [3.8, 4) is 0 Å². The summed E-state index contributed by atoms with van der Waals surface area (Å²) in [6.45, 7) is 5.03. The highest BCUT2D eigenvalue weighted by atomic mass is 16.5. The molecule has 0 bridgehead atoms. The van der Waals surface area contributed by atoms with Gasteiger partial charge in [-0.3, -0.25) is 9.69 Å². The Morgan fingerprint density at radius 3 is 2.87 bits per heavy atom. The first-order chi connectivity index (χ1) is 7.10. The van der Waals surface area contributed by atoms with Crippen LogP contribution in [0.2, 0.25) is 0 Å². The number of primary amides is 1. The van der Waals surface area contributed by atoms with Gasteiger partial charge in [0.05, 0.1) is 25.4 Å². The normalized spacial score (nSPS) is 30.1. The molecule has 1 heterocycles. The highest BCUT2D eigenvalue weighted by Crippen LogP contribution is 2.16. The van der Waals surface area contributed by atoms with Gasteiger partial charge in [0.15, 0.2) is 0 Å². The van der Waals surface area contributed by atoms with Crippen LogP contribution in [0.5, 0.6) is 0 Å². The van der Waals surface area contributed by atoms with Crippen molar-refractivity contribution in [2.24, 2.45) is 5.73 Å². The van der Waals surface area contributed by atoms with Crippen LogP contribution >= 0.6 is 0 Å². The molecule has 0 aromatic heterocycles. The second-order valence-corrected chi connectivity index (χ2v) is 4.01. The average molecular weight is 216 g/mol. The third kappa shape index (κ3) is 2.90. The molecular formula is C10H20N2O3. The Kier molecular flexibility index (Phi) is 4.50. The quantitative estimate of drug-likeness (QED) is 0.653. The molecule has 0 saturated carbocycles. The smallest absolute Gasteiger partial charge is 0.234 e. The SMILES string of the molecule is CCC(C(N)=O)N1CC(CO)OCC1C. The van der Waals surface area contributed by atoms with Crippen LogP contribution in [-0.2, 0) is 9.53 Å². The molecule has 1 rings (SSSR count). The zero-order valence-electron chi connectivity index (χ0n) is 9.35. The van der Waals surface area contributed by atoms with E-state index in [9.17, 15) is 4.79 Å². The maximum Gasteiger partial charge on any atom is 0.234 e. The summed E-state index contributed by atoms with van der Waals surface area (Å²) in [5.74, 6) is -0.303. The fourth-order valence-corrected chi connectivity index (χ4v) is 1.98. The van der Waals surface area contributed by atoms with Crippen LogP contribution in [0, 0.1) is 0 Å². The van der Waals surface area contributed by atoms with Gasteiger partial charge in [0.2, 0.25) is 5.91 Å². The van der Waals surface area contributed by atoms with Crippen molar-refractivity contribution in [2.45, 2.75) is 38.5 Å². The zero-order chi connectivity index (χ0) is 11.4. The van der Waals surface area contributed by atoms with E-state index in [-0.39, 0.29) is 30.7 Å². The van der Waals surface area contributed by atoms with Gasteiger partial charge >= 0.3 is 0 Å². The van der Waals surface area contributed by atoms with Crippen molar-refractivity contribution in [3.05, 3.63) is 0 Å². The van der Waals surface area contributed by atoms with Gasteiger partial charge in [0.1, 0.15) is 0 Å². The summed E-state index contributed by atoms with van der Waals surface area (Å²) in [6.07, 6.45) is 0.493. The van der Waals surface area contributed by atoms with Gasteiger partial charge in [-0.25, -0.2) is 0 Å². The summed E-state index contributed by atoms with van der Waals surface area (Å²) in [5, 5.41) is 9.02. The van der Waals surface area contributed by atoms with Gasteiger partial charge in [0.25, 0.3) is 0 Å². The summed E-state index contributed by atoms with van der Waals surface area (Å²) in [5.41, 5.74) is 5.34. The number of aliphatic hydroxyl groups is 1. The van der Waals surface area contributed by atoms with Gasteiger partial charge < -0.3 is 15.6 Å². The van der Waals surface area contributed by atoms with Crippen LogP contribution < -0.4 is 5.73 Å². The standard InChI is InChI=1S/C10H20N2O3/c1-3-9(10(11)14)12-4-8(5-13)15-6-7(12)2/h7-9,13H,3-6H2,1-2H3,(H2,11,14). The molecule has 5 nitrogen and oxygen atoms in total. The molecule has 88 valence electrons. The summed E-state index contributed by atoms with van der Waals surface area (Å²) < 4.78 is 5.40. The van der Waals surface area contributed by atoms with Gasteiger partial charge in [-0.2, -0.15) is 0 Å². The summed E-state index contributed by atoms with van der Waals surface area (Å²) in [4.78, 5) is 13.3. The number of amides is 1. The second-order valence-electron chi connectivity index (χ2n) is 4.01. The zero-order valence-corrected chi connectivity index (χ0v) is 9.35. The lowest BCUT2D eigenvalue weighted by Gasteiger charge is -2.40. The lowest BCUT2D eigenvalue weighted by atomic mass is 10.1. The fraction of sp³-hybridized carbons (Fsp3) is 0.900. The van der Waals surface area contributed by atoms with Crippen molar-refractivity contribution >= 4 is 5.91 Å². The van der Waals surface area contributed by atoms with Crippen LogP contribution in [0.4, 0.5) is 0 Å². The van der Waals surface area contributed by atoms with Gasteiger partial charge in [-0.05, 0) is 13.3 Å². The molecule has 0 aliphatic carbocycles. The molecule has 0 spiro atoms. The summed E-state index contributed by atoms with van der Waals surface area (Å²) >= 11 is 0. The van der Waals surface area contributed by atoms with Crippen LogP contribution in [0.1, 0.15) is 20.3 Å². The monoisotopic (exact) mass is 216 g/mol. The number of hydrogen-bond acceptors (Lipinski definition) is 4. The fourth-order valence-electron chi connectivity index (χ4n) is 1.98. The van der Waals surface area contributed by atoms with E-state index >= 15 is 0 Å². The minimum absolute atomic E-state index is 0.0155. The van der Waals surface area contributed by atoms with Crippen molar-refractivity contribution < 1.29 is 14.6 Å². The molecule has 3 unspecified atom stereocenters. The van der Waals surface area contributed by atoms with Gasteiger partial charge in [-0.15, -0.1) is 0 Å². The molecule has 1 amide bonds. The first kappa shape index (κ1) is 12.4. The number of morpholine rings is 1. The number of hydrogen-bond donors (Lipinski definition) is 2. The van der Waals surface area contributed by atoms with Crippen molar-refractivity contribution in [1.29, 1.82) is 0 Å². The number of rotatable bonds is 4. The first-order valence-electron chi connectivity index (χ1n) is 5.37. The summed E-state index contributed by atoms with van der Waals surface area (Å²) in [7, 11) is 0. The number of carbonyl (C=O) groups is 1. The number of aliphatic hydroxyl groups excluding tert-OH is 1. The molecule has 1 saturated heterocycles. The Morgan fingerprint density at radius 2 is 2.40 bits per heavy atom. The van der Waals surface area contributed by atoms with E-state index < -0.39 is 0 Å². The minimum atomic E-state index is -0.303. The topological polar surface area (TPSA) is 75.8 Å². The van der Waals surface area contributed by atoms with Crippen molar-refractivity contribution in [2.75, 3.05) is 19.8 Å². The molecule has 15 heavy (non-hydrogen) atoms. The molecule has 0 aromatic rings. The van der Waals surface area contributed by atoms with Crippen LogP contribution in [0.3, 0.4) is 0 Å². The number of ether oxygens (including phenoxy) is 1. The van der Waals surface area contributed by atoms with E-state index in [0.29, 0.717) is 19.6 Å². The number of carbonyl (C=O) groups excluding carboxylic acids is 1. The molecule has 1 aliphatic rings. The van der Waals surface area contributed by atoms with Crippen LogP contribution in [-0.4, -0.2) is 53.9 Å². The Balaban J connectivity index is 2.67. The van der Waals surface area contributed by atoms with Gasteiger partial charge in [0, 0.05) is 12.6 Å². The lowest BCUT2D eigenvalue weighted by molar-refractivity contribution is -0.132. The van der Waals surface area contributed by atoms with E-state index in [0.717, 1.165) is 0 Å². The average Bonchev–Trinajstić information content (AvgIpc) is 2.21. The third-order valence-corrected chi connectivity index (χ3v) is 2.87. The van der Waals surface area contributed by atoms with Gasteiger partial charge in [-0.1, -0.05) is 6.92 Å². The van der Waals surface area contributed by atoms with Crippen LogP contribution in [0.25, 0.3) is 0 Å². The number of nitrogens with two attached hydrogens (primary N) is 1. The van der Waals surface area contributed by atoms with E-state index in [1.807, 2.05) is 18.7 Å². The molecule has 0 aromatic carbocycles. The molecule has 1 fully saturated rings. The maximum atomic E-state index is 11.2. The molecule has 1 aliphatic heterocycles. The second kappa shape index (κ2) is 5.44. The molecule has 3 atom stereocenters. The predicted molar refractivity (Wildman–Crippen MR) is 56.3 cm³/mol. The van der Waals surface area contributed by atoms with Crippen molar-refractivity contribution in [1.82, 2.24) is 4.90 Å². The Bertz CT molecular complexity index is 223. The lowest BCUT2D eigenvalue weighted by Crippen LogP contribution is -2.57. The Hall–Kier alpha value is -0.650. The van der Waals surface area contributed by atoms with Crippen molar-refractivity contribution in [3.63, 3.8) is 0 Å². The predicted octanol–water partition coefficient (Wildman–Crippen LogP) is -0.668. The molecule has 0 radical (unpaired) electrons. The molecule has 3 N–H and O–H groups in total. The van der Waals surface area contributed by atoms with Crippen LogP contribution in [0.15, 0.2) is 0 Å². The Morgan fingerprint density at radius 1 is 1.73 bits per heavy atom. The molecule has 5 heteroatoms. The maximum absolute atomic E-state index is 11.2. The van der Waals surface area contributed by atoms with E-state index in [2.05, 4.69) is 0 Å². The van der Waals surface area contributed by atoms with E-state index in [1.165, 1.54) is 0 Å². The summed E-state index contributed by atoms with van der Waals surface area (Å²) in [6, 6.07) is -0.0804. The Labute approximate surface area is 90.2 Å². The first-order valence-corrected chi connectivity index (χ1v) is 5.37. The highest BCUT2D eigenvalue weighted by molar-refractivity contribution is 5.79.